The Hall–Kier alpha value is -0.790. The first kappa shape index (κ1) is 10.3. The maximum Gasteiger partial charge on any atom is 0.333 e. The van der Waals surface area contributed by atoms with E-state index in [0.29, 0.717) is 17.4 Å². The topological polar surface area (TPSA) is 26.3 Å². The number of hydrogen-bond acceptors (Lipinski definition) is 2. The van der Waals surface area contributed by atoms with Crippen molar-refractivity contribution in [3.63, 3.8) is 0 Å². The van der Waals surface area contributed by atoms with Crippen LogP contribution < -0.4 is 0 Å². The van der Waals surface area contributed by atoms with Crippen molar-refractivity contribution >= 4 is 5.97 Å². The van der Waals surface area contributed by atoms with Gasteiger partial charge in [0.1, 0.15) is 6.10 Å². The van der Waals surface area contributed by atoms with Crippen LogP contribution in [0.5, 0.6) is 0 Å². The van der Waals surface area contributed by atoms with Crippen LogP contribution in [0.4, 0.5) is 0 Å². The molecular weight excluding hydrogens is 164 g/mol. The standard InChI is InChI=1S/C11H18O2/c1-7(2)9(4)10-6-5-8(3)11(12)13-10/h7,9-10H,3,5-6H2,1-2,4H3. The molecule has 1 fully saturated rings. The number of cyclic esters (lactones) is 1. The lowest BCUT2D eigenvalue weighted by Gasteiger charge is -2.30. The summed E-state index contributed by atoms with van der Waals surface area (Å²) in [6.07, 6.45) is 1.82. The molecule has 1 aliphatic heterocycles. The fraction of sp³-hybridized carbons (Fsp3) is 0.727. The maximum absolute atomic E-state index is 11.2. The molecule has 0 N–H and O–H groups in total. The molecule has 13 heavy (non-hydrogen) atoms. The Morgan fingerprint density at radius 1 is 1.46 bits per heavy atom. The maximum atomic E-state index is 11.2. The third-order valence-electron chi connectivity index (χ3n) is 2.92. The minimum Gasteiger partial charge on any atom is -0.459 e. The summed E-state index contributed by atoms with van der Waals surface area (Å²) in [6, 6.07) is 0. The molecule has 0 aliphatic carbocycles. The smallest absolute Gasteiger partial charge is 0.333 e. The van der Waals surface area contributed by atoms with E-state index in [9.17, 15) is 4.79 Å². The van der Waals surface area contributed by atoms with Crippen LogP contribution in [0, 0.1) is 11.8 Å². The number of rotatable bonds is 2. The van der Waals surface area contributed by atoms with Crippen LogP contribution in [0.25, 0.3) is 0 Å². The Morgan fingerprint density at radius 3 is 2.54 bits per heavy atom. The number of carbonyl (C=O) groups is 1. The average Bonchev–Trinajstić information content (AvgIpc) is 2.08. The van der Waals surface area contributed by atoms with Gasteiger partial charge in [0, 0.05) is 5.57 Å². The molecule has 1 saturated heterocycles. The summed E-state index contributed by atoms with van der Waals surface area (Å²) in [7, 11) is 0. The predicted molar refractivity (Wildman–Crippen MR) is 52.3 cm³/mol. The van der Waals surface area contributed by atoms with E-state index in [4.69, 9.17) is 4.74 Å². The van der Waals surface area contributed by atoms with Gasteiger partial charge < -0.3 is 4.74 Å². The summed E-state index contributed by atoms with van der Waals surface area (Å²) >= 11 is 0. The van der Waals surface area contributed by atoms with Crippen LogP contribution in [0.3, 0.4) is 0 Å². The zero-order chi connectivity index (χ0) is 10.0. The van der Waals surface area contributed by atoms with Gasteiger partial charge in [0.05, 0.1) is 0 Å². The van der Waals surface area contributed by atoms with Crippen molar-refractivity contribution in [3.8, 4) is 0 Å². The molecule has 0 aromatic carbocycles. The summed E-state index contributed by atoms with van der Waals surface area (Å²) in [6.45, 7) is 10.1. The highest BCUT2D eigenvalue weighted by molar-refractivity contribution is 5.88. The first-order chi connectivity index (χ1) is 6.02. The Balaban J connectivity index is 2.55. The first-order valence-electron chi connectivity index (χ1n) is 4.91. The van der Waals surface area contributed by atoms with Gasteiger partial charge in [0.2, 0.25) is 0 Å². The van der Waals surface area contributed by atoms with Gasteiger partial charge in [0.15, 0.2) is 0 Å². The van der Waals surface area contributed by atoms with Crippen LogP contribution >= 0.6 is 0 Å². The molecule has 1 heterocycles. The van der Waals surface area contributed by atoms with E-state index < -0.39 is 0 Å². The van der Waals surface area contributed by atoms with Gasteiger partial charge in [-0.15, -0.1) is 0 Å². The molecule has 0 saturated carbocycles. The van der Waals surface area contributed by atoms with Crippen molar-refractivity contribution < 1.29 is 9.53 Å². The monoisotopic (exact) mass is 182 g/mol. The molecule has 2 nitrogen and oxygen atoms in total. The molecule has 0 radical (unpaired) electrons. The second-order valence-corrected chi connectivity index (χ2v) is 4.19. The van der Waals surface area contributed by atoms with Gasteiger partial charge in [-0.1, -0.05) is 27.4 Å². The molecule has 0 aromatic rings. The molecule has 2 heteroatoms. The molecular formula is C11H18O2. The van der Waals surface area contributed by atoms with E-state index in [0.717, 1.165) is 12.8 Å². The number of esters is 1. The molecule has 2 unspecified atom stereocenters. The van der Waals surface area contributed by atoms with Gasteiger partial charge in [-0.25, -0.2) is 4.79 Å². The van der Waals surface area contributed by atoms with Crippen LogP contribution in [0.1, 0.15) is 33.6 Å². The Labute approximate surface area is 80.0 Å². The summed E-state index contributed by atoms with van der Waals surface area (Å²) in [4.78, 5) is 11.2. The SMILES string of the molecule is C=C1CCC(C(C)C(C)C)OC1=O. The predicted octanol–water partition coefficient (Wildman–Crippen LogP) is 2.54. The van der Waals surface area contributed by atoms with Crippen molar-refractivity contribution in [1.29, 1.82) is 0 Å². The molecule has 74 valence electrons. The van der Waals surface area contributed by atoms with E-state index in [1.54, 1.807) is 0 Å². The molecule has 2 atom stereocenters. The highest BCUT2D eigenvalue weighted by Gasteiger charge is 2.29. The number of ether oxygens (including phenoxy) is 1. The molecule has 0 aromatic heterocycles. The van der Waals surface area contributed by atoms with Gasteiger partial charge in [-0.05, 0) is 24.7 Å². The molecule has 0 bridgehead atoms. The van der Waals surface area contributed by atoms with Crippen molar-refractivity contribution in [3.05, 3.63) is 12.2 Å². The second kappa shape index (κ2) is 3.95. The second-order valence-electron chi connectivity index (χ2n) is 4.19. The fourth-order valence-corrected chi connectivity index (χ4v) is 1.50. The van der Waals surface area contributed by atoms with Crippen molar-refractivity contribution in [1.82, 2.24) is 0 Å². The van der Waals surface area contributed by atoms with Crippen LogP contribution in [0.15, 0.2) is 12.2 Å². The summed E-state index contributed by atoms with van der Waals surface area (Å²) in [5.74, 6) is 0.796. The molecule has 1 aliphatic rings. The lowest BCUT2D eigenvalue weighted by molar-refractivity contribution is -0.151. The fourth-order valence-electron chi connectivity index (χ4n) is 1.50. The molecule has 0 amide bonds. The molecule has 1 rings (SSSR count). The first-order valence-corrected chi connectivity index (χ1v) is 4.91. The number of hydrogen-bond donors (Lipinski definition) is 0. The zero-order valence-electron chi connectivity index (χ0n) is 8.67. The third kappa shape index (κ3) is 2.33. The highest BCUT2D eigenvalue weighted by atomic mass is 16.5. The van der Waals surface area contributed by atoms with Crippen molar-refractivity contribution in [2.75, 3.05) is 0 Å². The van der Waals surface area contributed by atoms with Crippen LogP contribution in [-0.4, -0.2) is 12.1 Å². The van der Waals surface area contributed by atoms with Crippen LogP contribution in [0.2, 0.25) is 0 Å². The zero-order valence-corrected chi connectivity index (χ0v) is 8.67. The molecule has 0 spiro atoms. The van der Waals surface area contributed by atoms with Crippen molar-refractivity contribution in [2.45, 2.75) is 39.7 Å². The van der Waals surface area contributed by atoms with Gasteiger partial charge >= 0.3 is 5.97 Å². The summed E-state index contributed by atoms with van der Waals surface area (Å²) < 4.78 is 5.28. The van der Waals surface area contributed by atoms with E-state index in [-0.39, 0.29) is 12.1 Å². The lowest BCUT2D eigenvalue weighted by atomic mass is 9.87. The van der Waals surface area contributed by atoms with E-state index in [2.05, 4.69) is 27.4 Å². The third-order valence-corrected chi connectivity index (χ3v) is 2.92. The largest absolute Gasteiger partial charge is 0.459 e. The average molecular weight is 182 g/mol. The van der Waals surface area contributed by atoms with E-state index in [1.165, 1.54) is 0 Å². The van der Waals surface area contributed by atoms with Gasteiger partial charge in [0.25, 0.3) is 0 Å². The normalized spacial score (nSPS) is 26.0. The quantitative estimate of drug-likeness (QED) is 0.484. The Bertz CT molecular complexity index is 218. The summed E-state index contributed by atoms with van der Waals surface area (Å²) in [5, 5.41) is 0. The van der Waals surface area contributed by atoms with E-state index in [1.807, 2.05) is 0 Å². The minimum absolute atomic E-state index is 0.0954. The van der Waals surface area contributed by atoms with E-state index >= 15 is 0 Å². The van der Waals surface area contributed by atoms with Gasteiger partial charge in [-0.3, -0.25) is 0 Å². The lowest BCUT2D eigenvalue weighted by Crippen LogP contribution is -2.32. The highest BCUT2D eigenvalue weighted by Crippen LogP contribution is 2.27. The Morgan fingerprint density at radius 2 is 2.08 bits per heavy atom. The Kier molecular flexibility index (Phi) is 3.12. The minimum atomic E-state index is -0.205. The van der Waals surface area contributed by atoms with Gasteiger partial charge in [-0.2, -0.15) is 0 Å². The summed E-state index contributed by atoms with van der Waals surface area (Å²) in [5.41, 5.74) is 0.618. The number of carbonyl (C=O) groups excluding carboxylic acids is 1. The van der Waals surface area contributed by atoms with Crippen LogP contribution in [-0.2, 0) is 9.53 Å². The van der Waals surface area contributed by atoms with Crippen molar-refractivity contribution in [2.24, 2.45) is 11.8 Å².